The maximum atomic E-state index is 13.6. The van der Waals surface area contributed by atoms with Crippen molar-refractivity contribution >= 4 is 27.9 Å². The van der Waals surface area contributed by atoms with E-state index in [-0.39, 0.29) is 17.8 Å². The minimum atomic E-state index is -0.493. The van der Waals surface area contributed by atoms with E-state index in [9.17, 15) is 14.3 Å². The van der Waals surface area contributed by atoms with Crippen molar-refractivity contribution in [2.24, 2.45) is 0 Å². The fourth-order valence-corrected chi connectivity index (χ4v) is 2.87. The number of aliphatic hydroxyl groups is 1. The van der Waals surface area contributed by atoms with Crippen molar-refractivity contribution in [3.8, 4) is 0 Å². The van der Waals surface area contributed by atoms with Crippen molar-refractivity contribution < 1.29 is 14.3 Å². The van der Waals surface area contributed by atoms with Gasteiger partial charge in [-0.05, 0) is 37.1 Å². The molecule has 2 atom stereocenters. The number of carbonyl (C=O) groups excluding carboxylic acids is 1. The van der Waals surface area contributed by atoms with Gasteiger partial charge in [-0.15, -0.1) is 0 Å². The summed E-state index contributed by atoms with van der Waals surface area (Å²) in [5, 5.41) is 12.8. The Balaban J connectivity index is 1.97. The first-order valence-electron chi connectivity index (χ1n) is 7.18. The molecule has 3 nitrogen and oxygen atoms in total. The van der Waals surface area contributed by atoms with E-state index in [1.165, 1.54) is 18.2 Å². The molecular weight excluding hydrogens is 337 g/mol. The lowest BCUT2D eigenvalue weighted by atomic mass is 10.1. The Hall–Kier alpha value is -1.20. The Morgan fingerprint density at radius 1 is 1.33 bits per heavy atom. The molecule has 1 aromatic rings. The van der Waals surface area contributed by atoms with E-state index in [4.69, 9.17) is 0 Å². The number of halogens is 2. The summed E-state index contributed by atoms with van der Waals surface area (Å²) in [7, 11) is 0. The van der Waals surface area contributed by atoms with Crippen LogP contribution < -0.4 is 5.32 Å². The van der Waals surface area contributed by atoms with Gasteiger partial charge in [0.05, 0.1) is 12.1 Å². The molecule has 1 aliphatic carbocycles. The highest BCUT2D eigenvalue weighted by molar-refractivity contribution is 9.10. The minimum absolute atomic E-state index is 0.211. The first-order valence-corrected chi connectivity index (χ1v) is 7.97. The maximum Gasteiger partial charge on any atom is 0.244 e. The number of aliphatic hydroxyl groups excluding tert-OH is 1. The molecule has 0 bridgehead atoms. The van der Waals surface area contributed by atoms with Crippen LogP contribution in [-0.4, -0.2) is 23.2 Å². The third-order valence-corrected chi connectivity index (χ3v) is 4.17. The van der Waals surface area contributed by atoms with Gasteiger partial charge in [0, 0.05) is 16.1 Å². The van der Waals surface area contributed by atoms with Gasteiger partial charge in [0.2, 0.25) is 5.91 Å². The molecule has 0 saturated heterocycles. The molecule has 2 N–H and O–H groups in total. The summed E-state index contributed by atoms with van der Waals surface area (Å²) in [4.78, 5) is 11.9. The first-order chi connectivity index (χ1) is 10.1. The van der Waals surface area contributed by atoms with Crippen molar-refractivity contribution in [3.63, 3.8) is 0 Å². The topological polar surface area (TPSA) is 49.3 Å². The largest absolute Gasteiger partial charge is 0.391 e. The van der Waals surface area contributed by atoms with Crippen LogP contribution in [0.15, 0.2) is 28.7 Å². The van der Waals surface area contributed by atoms with E-state index in [0.29, 0.717) is 5.56 Å². The molecule has 0 radical (unpaired) electrons. The van der Waals surface area contributed by atoms with E-state index < -0.39 is 6.10 Å². The number of carbonyl (C=O) groups is 1. The molecule has 0 spiro atoms. The van der Waals surface area contributed by atoms with Crippen molar-refractivity contribution in [1.82, 2.24) is 5.32 Å². The summed E-state index contributed by atoms with van der Waals surface area (Å²) in [5.41, 5.74) is 0.348. The van der Waals surface area contributed by atoms with Crippen LogP contribution in [0.25, 0.3) is 6.08 Å². The number of nitrogens with one attached hydrogen (secondary N) is 1. The molecule has 1 aliphatic rings. The maximum absolute atomic E-state index is 13.6. The average Bonchev–Trinajstić information content (AvgIpc) is 2.65. The van der Waals surface area contributed by atoms with Gasteiger partial charge in [0.15, 0.2) is 0 Å². The number of rotatable bonds is 3. The van der Waals surface area contributed by atoms with Crippen molar-refractivity contribution in [1.29, 1.82) is 0 Å². The normalized spacial score (nSPS) is 23.0. The zero-order valence-electron chi connectivity index (χ0n) is 11.7. The third-order valence-electron chi connectivity index (χ3n) is 3.68. The lowest BCUT2D eigenvalue weighted by molar-refractivity contribution is -0.118. The van der Waals surface area contributed by atoms with Crippen LogP contribution in [-0.2, 0) is 4.79 Å². The molecular formula is C16H19BrFNO2. The summed E-state index contributed by atoms with van der Waals surface area (Å²) in [6.07, 6.45) is 6.84. The van der Waals surface area contributed by atoms with Crippen LogP contribution in [0.2, 0.25) is 0 Å². The average molecular weight is 356 g/mol. The SMILES string of the molecule is O=C(/C=C/c1cc(Br)ccc1F)NC1CCCCCC1O. The summed E-state index contributed by atoms with van der Waals surface area (Å²) in [5.74, 6) is -0.683. The standard InChI is InChI=1S/C16H19BrFNO2/c17-12-7-8-13(18)11(10-12)6-9-16(21)19-14-4-2-1-3-5-15(14)20/h6-10,14-15,20H,1-5H2,(H,19,21)/b9-6+. The van der Waals surface area contributed by atoms with Gasteiger partial charge in [-0.2, -0.15) is 0 Å². The summed E-state index contributed by atoms with van der Waals surface area (Å²) in [6.45, 7) is 0. The van der Waals surface area contributed by atoms with E-state index in [0.717, 1.165) is 36.6 Å². The van der Waals surface area contributed by atoms with Gasteiger partial charge >= 0.3 is 0 Å². The van der Waals surface area contributed by atoms with Gasteiger partial charge in [0.25, 0.3) is 0 Å². The monoisotopic (exact) mass is 355 g/mol. The van der Waals surface area contributed by atoms with Crippen molar-refractivity contribution in [3.05, 3.63) is 40.1 Å². The minimum Gasteiger partial charge on any atom is -0.391 e. The van der Waals surface area contributed by atoms with E-state index >= 15 is 0 Å². The molecule has 2 rings (SSSR count). The van der Waals surface area contributed by atoms with Gasteiger partial charge in [-0.1, -0.05) is 35.2 Å². The zero-order chi connectivity index (χ0) is 15.2. The predicted octanol–water partition coefficient (Wildman–Crippen LogP) is 3.41. The Morgan fingerprint density at radius 2 is 2.10 bits per heavy atom. The number of benzene rings is 1. The Morgan fingerprint density at radius 3 is 2.90 bits per heavy atom. The lowest BCUT2D eigenvalue weighted by Crippen LogP contribution is -2.41. The fourth-order valence-electron chi connectivity index (χ4n) is 2.50. The molecule has 1 fully saturated rings. The zero-order valence-corrected chi connectivity index (χ0v) is 13.3. The van der Waals surface area contributed by atoms with Crippen LogP contribution in [0.3, 0.4) is 0 Å². The van der Waals surface area contributed by atoms with Crippen LogP contribution in [0.1, 0.15) is 37.7 Å². The van der Waals surface area contributed by atoms with Gasteiger partial charge in [-0.25, -0.2) is 4.39 Å². The highest BCUT2D eigenvalue weighted by Gasteiger charge is 2.22. The molecule has 114 valence electrons. The summed E-state index contributed by atoms with van der Waals surface area (Å²) < 4.78 is 14.3. The highest BCUT2D eigenvalue weighted by atomic mass is 79.9. The Kier molecular flexibility index (Phi) is 5.94. The van der Waals surface area contributed by atoms with E-state index in [1.54, 1.807) is 12.1 Å². The molecule has 2 unspecified atom stereocenters. The first kappa shape index (κ1) is 16.2. The number of hydrogen-bond donors (Lipinski definition) is 2. The smallest absolute Gasteiger partial charge is 0.244 e. The number of amides is 1. The van der Waals surface area contributed by atoms with Gasteiger partial charge in [0.1, 0.15) is 5.82 Å². The second-order valence-electron chi connectivity index (χ2n) is 5.32. The second-order valence-corrected chi connectivity index (χ2v) is 6.24. The molecule has 21 heavy (non-hydrogen) atoms. The molecule has 1 aromatic carbocycles. The van der Waals surface area contributed by atoms with Gasteiger partial charge in [-0.3, -0.25) is 4.79 Å². The molecule has 1 amide bonds. The highest BCUT2D eigenvalue weighted by Crippen LogP contribution is 2.19. The lowest BCUT2D eigenvalue weighted by Gasteiger charge is -2.20. The Labute approximate surface area is 132 Å². The Bertz CT molecular complexity index is 533. The van der Waals surface area contributed by atoms with Gasteiger partial charge < -0.3 is 10.4 Å². The molecule has 5 heteroatoms. The van der Waals surface area contributed by atoms with Crippen molar-refractivity contribution in [2.45, 2.75) is 44.2 Å². The fraction of sp³-hybridized carbons (Fsp3) is 0.438. The quantitative estimate of drug-likeness (QED) is 0.644. The number of hydrogen-bond acceptors (Lipinski definition) is 2. The van der Waals surface area contributed by atoms with Crippen molar-refractivity contribution in [2.75, 3.05) is 0 Å². The van der Waals surface area contributed by atoms with E-state index in [2.05, 4.69) is 21.2 Å². The van der Waals surface area contributed by atoms with E-state index in [1.807, 2.05) is 0 Å². The van der Waals surface area contributed by atoms with Crippen LogP contribution in [0, 0.1) is 5.82 Å². The molecule has 0 heterocycles. The van der Waals surface area contributed by atoms with Crippen LogP contribution in [0.5, 0.6) is 0 Å². The summed E-state index contributed by atoms with van der Waals surface area (Å²) in [6, 6.07) is 4.35. The molecule has 1 saturated carbocycles. The van der Waals surface area contributed by atoms with Crippen LogP contribution >= 0.6 is 15.9 Å². The predicted molar refractivity (Wildman–Crippen MR) is 84.2 cm³/mol. The van der Waals surface area contributed by atoms with Crippen LogP contribution in [0.4, 0.5) is 4.39 Å². The molecule has 0 aromatic heterocycles. The molecule has 0 aliphatic heterocycles. The second kappa shape index (κ2) is 7.71. The third kappa shape index (κ3) is 4.93. The summed E-state index contributed by atoms with van der Waals surface area (Å²) >= 11 is 3.27.